The van der Waals surface area contributed by atoms with Gasteiger partial charge in [-0.1, -0.05) is 26.0 Å². The Bertz CT molecular complexity index is 787. The molecule has 1 aromatic carbocycles. The van der Waals surface area contributed by atoms with Gasteiger partial charge in [-0.25, -0.2) is 9.97 Å². The lowest BCUT2D eigenvalue weighted by atomic mass is 10.1. The third-order valence-electron chi connectivity index (χ3n) is 4.24. The van der Waals surface area contributed by atoms with E-state index in [0.717, 1.165) is 24.4 Å². The van der Waals surface area contributed by atoms with E-state index in [2.05, 4.69) is 57.5 Å². The lowest BCUT2D eigenvalue weighted by Crippen LogP contribution is -2.48. The quantitative estimate of drug-likeness (QED) is 0.745. The van der Waals surface area contributed by atoms with Gasteiger partial charge in [-0.2, -0.15) is 0 Å². The molecule has 0 saturated carbocycles. The van der Waals surface area contributed by atoms with Gasteiger partial charge in [0, 0.05) is 31.4 Å². The lowest BCUT2D eigenvalue weighted by molar-refractivity contribution is 0.390. The first-order chi connectivity index (χ1) is 10.7. The molecule has 0 atom stereocenters. The van der Waals surface area contributed by atoms with Crippen LogP contribution in [0, 0.1) is 0 Å². The number of anilines is 1. The molecule has 1 fully saturated rings. The third kappa shape index (κ3) is 2.04. The highest BCUT2D eigenvalue weighted by Crippen LogP contribution is 2.32. The van der Waals surface area contributed by atoms with Gasteiger partial charge < -0.3 is 9.47 Å². The fourth-order valence-corrected chi connectivity index (χ4v) is 3.11. The normalized spacial score (nSPS) is 15.5. The molecule has 22 heavy (non-hydrogen) atoms. The standard InChI is InChI=1S/C17H19N5/c1-12(2)17-20-14-5-3-4-6-15(14)22(17)13-10-21(11-13)16-9-18-7-8-19-16/h3-9,12-13H,10-11H2,1-2H3. The number of para-hydroxylation sites is 2. The Hall–Kier alpha value is -2.43. The number of aromatic nitrogens is 4. The summed E-state index contributed by atoms with van der Waals surface area (Å²) >= 11 is 0. The Morgan fingerprint density at radius 3 is 2.68 bits per heavy atom. The summed E-state index contributed by atoms with van der Waals surface area (Å²) in [6.07, 6.45) is 5.28. The SMILES string of the molecule is CC(C)c1nc2ccccc2n1C1CN(c2cnccn2)C1. The molecule has 0 N–H and O–H groups in total. The highest BCUT2D eigenvalue weighted by atomic mass is 15.3. The second-order valence-corrected chi connectivity index (χ2v) is 6.11. The van der Waals surface area contributed by atoms with Crippen LogP contribution in [0.3, 0.4) is 0 Å². The topological polar surface area (TPSA) is 46.8 Å². The summed E-state index contributed by atoms with van der Waals surface area (Å²) in [5.74, 6) is 2.54. The van der Waals surface area contributed by atoms with E-state index >= 15 is 0 Å². The van der Waals surface area contributed by atoms with Gasteiger partial charge in [0.05, 0.1) is 23.3 Å². The van der Waals surface area contributed by atoms with E-state index in [4.69, 9.17) is 4.98 Å². The van der Waals surface area contributed by atoms with E-state index in [9.17, 15) is 0 Å². The summed E-state index contributed by atoms with van der Waals surface area (Å²) in [6.45, 7) is 6.32. The van der Waals surface area contributed by atoms with Crippen molar-refractivity contribution >= 4 is 16.9 Å². The predicted molar refractivity (Wildman–Crippen MR) is 87.1 cm³/mol. The molecule has 0 aliphatic carbocycles. The van der Waals surface area contributed by atoms with Gasteiger partial charge in [0.1, 0.15) is 11.6 Å². The van der Waals surface area contributed by atoms with E-state index in [1.54, 1.807) is 12.4 Å². The molecular weight excluding hydrogens is 274 g/mol. The van der Waals surface area contributed by atoms with E-state index in [-0.39, 0.29) is 0 Å². The van der Waals surface area contributed by atoms with Crippen molar-refractivity contribution in [2.24, 2.45) is 0 Å². The highest BCUT2D eigenvalue weighted by Gasteiger charge is 2.32. The molecule has 0 bridgehead atoms. The van der Waals surface area contributed by atoms with Crippen LogP contribution in [0.2, 0.25) is 0 Å². The molecule has 2 aromatic heterocycles. The molecule has 0 spiro atoms. The van der Waals surface area contributed by atoms with Crippen molar-refractivity contribution in [2.75, 3.05) is 18.0 Å². The van der Waals surface area contributed by atoms with Crippen LogP contribution in [0.15, 0.2) is 42.9 Å². The van der Waals surface area contributed by atoms with Crippen molar-refractivity contribution in [3.63, 3.8) is 0 Å². The smallest absolute Gasteiger partial charge is 0.147 e. The van der Waals surface area contributed by atoms with Gasteiger partial charge in [-0.05, 0) is 12.1 Å². The van der Waals surface area contributed by atoms with Crippen LogP contribution in [0.5, 0.6) is 0 Å². The minimum absolute atomic E-state index is 0.415. The second kappa shape index (κ2) is 5.09. The monoisotopic (exact) mass is 293 g/mol. The average molecular weight is 293 g/mol. The van der Waals surface area contributed by atoms with Crippen molar-refractivity contribution in [2.45, 2.75) is 25.8 Å². The van der Waals surface area contributed by atoms with Crippen molar-refractivity contribution < 1.29 is 0 Å². The first-order valence-corrected chi connectivity index (χ1v) is 7.72. The molecule has 0 amide bonds. The zero-order chi connectivity index (χ0) is 15.1. The molecular formula is C17H19N5. The largest absolute Gasteiger partial charge is 0.351 e. The fourth-order valence-electron chi connectivity index (χ4n) is 3.11. The Morgan fingerprint density at radius 2 is 1.95 bits per heavy atom. The maximum absolute atomic E-state index is 4.83. The molecule has 3 heterocycles. The summed E-state index contributed by atoms with van der Waals surface area (Å²) in [5.41, 5.74) is 2.32. The number of hydrogen-bond acceptors (Lipinski definition) is 4. The minimum Gasteiger partial charge on any atom is -0.351 e. The van der Waals surface area contributed by atoms with Gasteiger partial charge >= 0.3 is 0 Å². The predicted octanol–water partition coefficient (Wildman–Crippen LogP) is 3.01. The molecule has 5 heteroatoms. The second-order valence-electron chi connectivity index (χ2n) is 6.11. The first-order valence-electron chi connectivity index (χ1n) is 7.72. The Morgan fingerprint density at radius 1 is 1.14 bits per heavy atom. The number of benzene rings is 1. The van der Waals surface area contributed by atoms with E-state index < -0.39 is 0 Å². The first kappa shape index (κ1) is 13.2. The van der Waals surface area contributed by atoms with E-state index in [1.807, 2.05) is 6.20 Å². The van der Waals surface area contributed by atoms with Gasteiger partial charge in [0.2, 0.25) is 0 Å². The number of rotatable bonds is 3. The summed E-state index contributed by atoms with van der Waals surface area (Å²) in [6, 6.07) is 8.85. The maximum atomic E-state index is 4.83. The van der Waals surface area contributed by atoms with Crippen LogP contribution in [-0.2, 0) is 0 Å². The van der Waals surface area contributed by atoms with Gasteiger partial charge in [0.25, 0.3) is 0 Å². The van der Waals surface area contributed by atoms with Crippen LogP contribution < -0.4 is 4.90 Å². The lowest BCUT2D eigenvalue weighted by Gasteiger charge is -2.41. The Kier molecular flexibility index (Phi) is 3.06. The van der Waals surface area contributed by atoms with Crippen LogP contribution in [0.1, 0.15) is 31.6 Å². The summed E-state index contributed by atoms with van der Waals surface area (Å²) in [5, 5.41) is 0. The molecule has 3 aromatic rings. The van der Waals surface area contributed by atoms with Crippen molar-refractivity contribution in [1.29, 1.82) is 0 Å². The van der Waals surface area contributed by atoms with Gasteiger partial charge in [-0.15, -0.1) is 0 Å². The van der Waals surface area contributed by atoms with Crippen molar-refractivity contribution in [1.82, 2.24) is 19.5 Å². The maximum Gasteiger partial charge on any atom is 0.147 e. The van der Waals surface area contributed by atoms with E-state index in [0.29, 0.717) is 12.0 Å². The third-order valence-corrected chi connectivity index (χ3v) is 4.24. The summed E-state index contributed by atoms with van der Waals surface area (Å²) in [7, 11) is 0. The zero-order valence-corrected chi connectivity index (χ0v) is 12.8. The van der Waals surface area contributed by atoms with Crippen LogP contribution in [0.25, 0.3) is 11.0 Å². The summed E-state index contributed by atoms with van der Waals surface area (Å²) < 4.78 is 2.41. The molecule has 0 unspecified atom stereocenters. The Balaban J connectivity index is 1.67. The van der Waals surface area contributed by atoms with Crippen LogP contribution in [-0.4, -0.2) is 32.6 Å². The number of imidazole rings is 1. The molecule has 5 nitrogen and oxygen atoms in total. The van der Waals surface area contributed by atoms with Crippen LogP contribution in [0.4, 0.5) is 5.82 Å². The fraction of sp³-hybridized carbons (Fsp3) is 0.353. The van der Waals surface area contributed by atoms with E-state index in [1.165, 1.54) is 11.3 Å². The molecule has 1 aliphatic heterocycles. The molecule has 4 rings (SSSR count). The highest BCUT2D eigenvalue weighted by molar-refractivity contribution is 5.76. The minimum atomic E-state index is 0.415. The van der Waals surface area contributed by atoms with Crippen molar-refractivity contribution in [3.8, 4) is 0 Å². The van der Waals surface area contributed by atoms with Crippen LogP contribution >= 0.6 is 0 Å². The van der Waals surface area contributed by atoms with Crippen molar-refractivity contribution in [3.05, 3.63) is 48.7 Å². The number of hydrogen-bond donors (Lipinski definition) is 0. The van der Waals surface area contributed by atoms with Gasteiger partial charge in [-0.3, -0.25) is 4.98 Å². The molecule has 0 radical (unpaired) electrons. The Labute approximate surface area is 129 Å². The summed E-state index contributed by atoms with van der Waals surface area (Å²) in [4.78, 5) is 15.6. The molecule has 112 valence electrons. The number of nitrogens with zero attached hydrogens (tertiary/aromatic N) is 5. The van der Waals surface area contributed by atoms with Gasteiger partial charge in [0.15, 0.2) is 0 Å². The number of fused-ring (bicyclic) bond motifs is 1. The average Bonchev–Trinajstić information content (AvgIpc) is 2.87. The molecule has 1 aliphatic rings. The zero-order valence-electron chi connectivity index (χ0n) is 12.8. The molecule has 1 saturated heterocycles.